The zero-order valence-electron chi connectivity index (χ0n) is 31.9. The van der Waals surface area contributed by atoms with Crippen LogP contribution in [-0.4, -0.2) is 15.0 Å². The molecule has 10 rings (SSSR count). The zero-order valence-corrected chi connectivity index (χ0v) is 31.9. The zero-order chi connectivity index (χ0) is 38.3. The second kappa shape index (κ2) is 14.2. The maximum Gasteiger partial charge on any atom is 0.165 e. The first-order valence-electron chi connectivity index (χ1n) is 19.5. The van der Waals surface area contributed by atoms with Crippen LogP contribution in [0.3, 0.4) is 0 Å². The molecule has 1 unspecified atom stereocenters. The molecular formula is C53H39N3O. The lowest BCUT2D eigenvalue weighted by molar-refractivity contribution is 0.558. The fourth-order valence-corrected chi connectivity index (χ4v) is 8.10. The number of fused-ring (bicyclic) bond motifs is 5. The normalized spacial score (nSPS) is 15.8. The quantitative estimate of drug-likeness (QED) is 0.153. The molecule has 4 nitrogen and oxygen atoms in total. The largest absolute Gasteiger partial charge is 0.456 e. The molecule has 1 aliphatic rings. The predicted octanol–water partition coefficient (Wildman–Crippen LogP) is 14.2. The van der Waals surface area contributed by atoms with E-state index in [1.165, 1.54) is 21.7 Å². The summed E-state index contributed by atoms with van der Waals surface area (Å²) >= 11 is 0. The molecule has 2 heterocycles. The Balaban J connectivity index is 1.18. The molecule has 57 heavy (non-hydrogen) atoms. The van der Waals surface area contributed by atoms with E-state index in [1.807, 2.05) is 19.1 Å². The van der Waals surface area contributed by atoms with Crippen molar-refractivity contribution in [3.8, 4) is 45.3 Å². The van der Waals surface area contributed by atoms with E-state index < -0.39 is 0 Å². The first-order valence-corrected chi connectivity index (χ1v) is 19.5. The molecule has 0 fully saturated rings. The van der Waals surface area contributed by atoms with E-state index in [1.54, 1.807) is 0 Å². The molecule has 272 valence electrons. The first-order chi connectivity index (χ1) is 28.0. The van der Waals surface area contributed by atoms with E-state index in [2.05, 4.69) is 183 Å². The van der Waals surface area contributed by atoms with Crippen LogP contribution in [0.1, 0.15) is 25.8 Å². The highest BCUT2D eigenvalue weighted by Gasteiger charge is 2.25. The van der Waals surface area contributed by atoms with Gasteiger partial charge in [-0.3, -0.25) is 0 Å². The molecule has 0 aliphatic heterocycles. The third kappa shape index (κ3) is 6.35. The average Bonchev–Trinajstić information content (AvgIpc) is 3.65. The van der Waals surface area contributed by atoms with Crippen LogP contribution < -0.4 is 0 Å². The van der Waals surface area contributed by atoms with Crippen molar-refractivity contribution in [2.24, 2.45) is 5.41 Å². The Hall–Kier alpha value is -7.17. The summed E-state index contributed by atoms with van der Waals surface area (Å²) in [6.07, 6.45) is 16.3. The van der Waals surface area contributed by atoms with Crippen LogP contribution in [0.4, 0.5) is 0 Å². The van der Waals surface area contributed by atoms with E-state index in [9.17, 15) is 0 Å². The van der Waals surface area contributed by atoms with Gasteiger partial charge in [0.15, 0.2) is 17.5 Å². The maximum atomic E-state index is 6.48. The lowest BCUT2D eigenvalue weighted by atomic mass is 9.79. The molecule has 0 spiro atoms. The topological polar surface area (TPSA) is 51.8 Å². The maximum absolute atomic E-state index is 6.48. The van der Waals surface area contributed by atoms with Crippen molar-refractivity contribution in [1.29, 1.82) is 0 Å². The average molecular weight is 734 g/mol. The van der Waals surface area contributed by atoms with Crippen molar-refractivity contribution in [2.45, 2.75) is 20.3 Å². The Kier molecular flexibility index (Phi) is 8.53. The molecule has 1 atom stereocenters. The van der Waals surface area contributed by atoms with Gasteiger partial charge < -0.3 is 4.42 Å². The molecule has 0 saturated carbocycles. The Morgan fingerprint density at radius 2 is 1.25 bits per heavy atom. The lowest BCUT2D eigenvalue weighted by Crippen LogP contribution is -2.11. The number of benzene rings is 7. The summed E-state index contributed by atoms with van der Waals surface area (Å²) in [5.41, 5.74) is 8.82. The number of nitrogens with zero attached hydrogens (tertiary/aromatic N) is 3. The van der Waals surface area contributed by atoms with Gasteiger partial charge in [-0.05, 0) is 81.4 Å². The molecule has 7 aromatic carbocycles. The van der Waals surface area contributed by atoms with E-state index >= 15 is 0 Å². The molecule has 1 aliphatic carbocycles. The van der Waals surface area contributed by atoms with Crippen molar-refractivity contribution >= 4 is 49.1 Å². The number of hydrogen-bond acceptors (Lipinski definition) is 4. The summed E-state index contributed by atoms with van der Waals surface area (Å²) in [7, 11) is 0. The predicted molar refractivity (Wildman–Crippen MR) is 238 cm³/mol. The summed E-state index contributed by atoms with van der Waals surface area (Å²) in [5.74, 6) is 1.83. The minimum atomic E-state index is -0.0859. The molecule has 0 saturated heterocycles. The molecular weight excluding hydrogens is 695 g/mol. The van der Waals surface area contributed by atoms with Crippen LogP contribution in [-0.2, 0) is 0 Å². The Morgan fingerprint density at radius 3 is 2.05 bits per heavy atom. The van der Waals surface area contributed by atoms with Crippen LogP contribution in [0.15, 0.2) is 193 Å². The Bertz CT molecular complexity index is 3120. The summed E-state index contributed by atoms with van der Waals surface area (Å²) < 4.78 is 6.48. The van der Waals surface area contributed by atoms with Gasteiger partial charge in [-0.1, -0.05) is 171 Å². The first kappa shape index (κ1) is 34.3. The summed E-state index contributed by atoms with van der Waals surface area (Å²) in [5, 5.41) is 6.76. The molecule has 0 bridgehead atoms. The number of allylic oxidation sites excluding steroid dienone is 8. The van der Waals surface area contributed by atoms with Crippen molar-refractivity contribution in [3.63, 3.8) is 0 Å². The molecule has 2 aromatic heterocycles. The number of aromatic nitrogens is 3. The van der Waals surface area contributed by atoms with Gasteiger partial charge in [0.25, 0.3) is 0 Å². The summed E-state index contributed by atoms with van der Waals surface area (Å²) in [4.78, 5) is 15.9. The van der Waals surface area contributed by atoms with Gasteiger partial charge in [0.1, 0.15) is 11.2 Å². The minimum absolute atomic E-state index is 0.0859. The van der Waals surface area contributed by atoms with Crippen molar-refractivity contribution in [3.05, 3.63) is 194 Å². The second-order valence-electron chi connectivity index (χ2n) is 15.0. The van der Waals surface area contributed by atoms with Gasteiger partial charge >= 0.3 is 0 Å². The Morgan fingerprint density at radius 1 is 0.561 bits per heavy atom. The molecule has 0 amide bonds. The highest BCUT2D eigenvalue weighted by Crippen LogP contribution is 2.43. The number of rotatable bonds is 7. The minimum Gasteiger partial charge on any atom is -0.456 e. The lowest BCUT2D eigenvalue weighted by Gasteiger charge is -2.25. The smallest absolute Gasteiger partial charge is 0.165 e. The van der Waals surface area contributed by atoms with Crippen LogP contribution >= 0.6 is 0 Å². The van der Waals surface area contributed by atoms with Crippen molar-refractivity contribution in [2.75, 3.05) is 0 Å². The number of hydrogen-bond donors (Lipinski definition) is 0. The van der Waals surface area contributed by atoms with Crippen LogP contribution in [0.2, 0.25) is 0 Å². The molecule has 4 heteroatoms. The van der Waals surface area contributed by atoms with Gasteiger partial charge in [-0.15, -0.1) is 0 Å². The van der Waals surface area contributed by atoms with Crippen LogP contribution in [0.5, 0.6) is 0 Å². The fourth-order valence-electron chi connectivity index (χ4n) is 8.10. The van der Waals surface area contributed by atoms with Crippen LogP contribution in [0, 0.1) is 5.41 Å². The highest BCUT2D eigenvalue weighted by atomic mass is 16.3. The SMILES string of the molecule is C/C=C\C=C/C1(C)C=CC(c2ccc3oc4ccccc4c3c2-c2nc(-c3ccc(-c4cccc5ccccc45)cc3)nc(-c3ccc4ccccc4c3)n2)=CC1. The van der Waals surface area contributed by atoms with Crippen molar-refractivity contribution in [1.82, 2.24) is 15.0 Å². The fraction of sp³-hybridized carbons (Fsp3) is 0.0755. The molecule has 0 N–H and O–H groups in total. The monoisotopic (exact) mass is 733 g/mol. The Labute approximate surface area is 331 Å². The van der Waals surface area contributed by atoms with Gasteiger partial charge in [0, 0.05) is 32.9 Å². The molecule has 9 aromatic rings. The summed E-state index contributed by atoms with van der Waals surface area (Å²) in [6.45, 7) is 4.31. The van der Waals surface area contributed by atoms with Gasteiger partial charge in [0.05, 0.1) is 0 Å². The second-order valence-corrected chi connectivity index (χ2v) is 15.0. The van der Waals surface area contributed by atoms with E-state index in [0.717, 1.165) is 67.1 Å². The van der Waals surface area contributed by atoms with E-state index in [4.69, 9.17) is 19.4 Å². The third-order valence-electron chi connectivity index (χ3n) is 11.2. The highest BCUT2D eigenvalue weighted by molar-refractivity contribution is 6.14. The standard InChI is InChI=1S/C53H39N3O/c1-3-4-11-31-53(2)32-29-38(30-33-53)44-27-28-47-48(45-18-9-10-20-46(45)57-47)49(44)52-55-50(54-51(56-52)41-26-21-35-13-5-6-15-40(35)34-41)39-24-22-37(23-25-39)43-19-12-16-36-14-7-8-17-42(36)43/h3-32,34H,33H2,1-2H3/b4-3-,31-11-. The van der Waals surface area contributed by atoms with Gasteiger partial charge in [-0.2, -0.15) is 0 Å². The number of furan rings is 1. The van der Waals surface area contributed by atoms with E-state index in [0.29, 0.717) is 17.5 Å². The van der Waals surface area contributed by atoms with Gasteiger partial charge in [0.2, 0.25) is 0 Å². The summed E-state index contributed by atoms with van der Waals surface area (Å²) in [6, 6.07) is 50.9. The van der Waals surface area contributed by atoms with E-state index in [-0.39, 0.29) is 5.41 Å². The number of para-hydroxylation sites is 1. The van der Waals surface area contributed by atoms with Gasteiger partial charge in [-0.25, -0.2) is 15.0 Å². The third-order valence-corrected chi connectivity index (χ3v) is 11.2. The molecule has 0 radical (unpaired) electrons. The van der Waals surface area contributed by atoms with Crippen molar-refractivity contribution < 1.29 is 4.42 Å². The van der Waals surface area contributed by atoms with Crippen LogP contribution in [0.25, 0.3) is 94.3 Å².